The number of benzene rings is 3. The van der Waals surface area contributed by atoms with Gasteiger partial charge in [-0.2, -0.15) is 0 Å². The minimum atomic E-state index is -4.10. The second-order valence-corrected chi connectivity index (χ2v) is 12.4. The number of nitrogens with one attached hydrogen (secondary N) is 2. The van der Waals surface area contributed by atoms with Gasteiger partial charge in [-0.05, 0) is 47.2 Å². The van der Waals surface area contributed by atoms with Crippen LogP contribution in [0.2, 0.25) is 0 Å². The lowest BCUT2D eigenvalue weighted by Gasteiger charge is -2.20. The van der Waals surface area contributed by atoms with E-state index in [0.717, 1.165) is 11.1 Å². The highest BCUT2D eigenvalue weighted by Gasteiger charge is 2.21. The van der Waals surface area contributed by atoms with E-state index in [1.807, 2.05) is 50.6 Å². The Morgan fingerprint density at radius 2 is 1.18 bits per heavy atom. The first-order valence-electron chi connectivity index (χ1n) is 11.8. The minimum Gasteiger partial charge on any atom is -0.307 e. The van der Waals surface area contributed by atoms with E-state index in [1.54, 1.807) is 0 Å². The van der Waals surface area contributed by atoms with Gasteiger partial charge in [0.15, 0.2) is 0 Å². The van der Waals surface area contributed by atoms with Gasteiger partial charge >= 0.3 is 6.03 Å². The number of carbonyl (C=O) groups excluding carboxylic acids is 3. The molecule has 3 aromatic carbocycles. The SMILES string of the molecule is CC(C)c1cccc(C(C)C)c1NC(=O)NS(=O)(=O)c1cccc(C=O)c1.NS(=O)(=O)c1cccc(C=O)c1. The normalized spacial score (nSPS) is 11.4. The number of rotatable bonds is 8. The average Bonchev–Trinajstić information content (AvgIpc) is 2.88. The molecule has 0 radical (unpaired) electrons. The molecule has 0 heterocycles. The van der Waals surface area contributed by atoms with Gasteiger partial charge < -0.3 is 5.32 Å². The van der Waals surface area contributed by atoms with E-state index in [2.05, 4.69) is 5.32 Å². The molecule has 0 aliphatic carbocycles. The van der Waals surface area contributed by atoms with Crippen LogP contribution in [0.25, 0.3) is 0 Å². The van der Waals surface area contributed by atoms with Gasteiger partial charge in [-0.25, -0.2) is 31.5 Å². The van der Waals surface area contributed by atoms with Crippen molar-refractivity contribution in [1.29, 1.82) is 0 Å². The highest BCUT2D eigenvalue weighted by molar-refractivity contribution is 7.90. The number of aldehydes is 2. The van der Waals surface area contributed by atoms with Crippen LogP contribution in [0.5, 0.6) is 0 Å². The van der Waals surface area contributed by atoms with E-state index in [-0.39, 0.29) is 27.2 Å². The summed E-state index contributed by atoms with van der Waals surface area (Å²) in [4.78, 5) is 33.3. The Balaban J connectivity index is 0.000000370. The van der Waals surface area contributed by atoms with Crippen LogP contribution in [0.1, 0.15) is 71.4 Å². The molecular weight excluding hydrogens is 542 g/mol. The molecule has 0 saturated heterocycles. The zero-order chi connectivity index (χ0) is 29.4. The molecule has 4 N–H and O–H groups in total. The van der Waals surface area contributed by atoms with E-state index in [4.69, 9.17) is 5.14 Å². The molecule has 208 valence electrons. The van der Waals surface area contributed by atoms with Crippen molar-refractivity contribution in [2.24, 2.45) is 5.14 Å². The lowest BCUT2D eigenvalue weighted by molar-refractivity contribution is 0.111. The highest BCUT2D eigenvalue weighted by atomic mass is 32.2. The average molecular weight is 574 g/mol. The van der Waals surface area contributed by atoms with E-state index in [9.17, 15) is 31.2 Å². The molecule has 0 atom stereocenters. The van der Waals surface area contributed by atoms with Crippen LogP contribution in [-0.2, 0) is 20.0 Å². The minimum absolute atomic E-state index is 0.0490. The number of urea groups is 1. The maximum absolute atomic E-state index is 12.5. The summed E-state index contributed by atoms with van der Waals surface area (Å²) in [5.41, 5.74) is 2.98. The topological polar surface area (TPSA) is 170 Å². The van der Waals surface area contributed by atoms with Gasteiger partial charge in [0.25, 0.3) is 10.0 Å². The summed E-state index contributed by atoms with van der Waals surface area (Å²) in [7, 11) is -7.79. The van der Waals surface area contributed by atoms with Gasteiger partial charge in [-0.15, -0.1) is 0 Å². The maximum Gasteiger partial charge on any atom is 0.333 e. The summed E-state index contributed by atoms with van der Waals surface area (Å²) in [5, 5.41) is 7.53. The summed E-state index contributed by atoms with van der Waals surface area (Å²) in [5.74, 6) is 0.305. The number of carbonyl (C=O) groups is 3. The van der Waals surface area contributed by atoms with E-state index in [1.165, 1.54) is 48.5 Å². The van der Waals surface area contributed by atoms with E-state index >= 15 is 0 Å². The number of amides is 2. The molecule has 2 amide bonds. The Morgan fingerprint density at radius 1 is 0.744 bits per heavy atom. The molecule has 3 rings (SSSR count). The third-order valence-electron chi connectivity index (χ3n) is 5.47. The van der Waals surface area contributed by atoms with Crippen molar-refractivity contribution in [2.45, 2.75) is 49.3 Å². The number of para-hydroxylation sites is 1. The fourth-order valence-electron chi connectivity index (χ4n) is 3.54. The van der Waals surface area contributed by atoms with E-state index < -0.39 is 26.1 Å². The van der Waals surface area contributed by atoms with Crippen molar-refractivity contribution in [2.75, 3.05) is 5.32 Å². The molecule has 39 heavy (non-hydrogen) atoms. The van der Waals surface area contributed by atoms with Gasteiger partial charge in [0.05, 0.1) is 9.79 Å². The number of hydrogen-bond donors (Lipinski definition) is 3. The van der Waals surface area contributed by atoms with Crippen molar-refractivity contribution in [3.05, 3.63) is 89.0 Å². The van der Waals surface area contributed by atoms with Gasteiger partial charge in [0, 0.05) is 16.8 Å². The lowest BCUT2D eigenvalue weighted by atomic mass is 9.93. The van der Waals surface area contributed by atoms with Gasteiger partial charge in [0.2, 0.25) is 10.0 Å². The standard InChI is InChI=1S/C20H24N2O4S.C7H7NO3S/c1-13(2)17-9-6-10-18(14(3)4)19(17)21-20(24)22-27(25,26)16-8-5-7-15(11-16)12-23;8-12(10,11)7-3-1-2-6(4-7)5-9/h5-14H,1-4H3,(H2,21,22,24);1-5H,(H2,8,10,11). The summed E-state index contributed by atoms with van der Waals surface area (Å²) in [6, 6.07) is 15.9. The maximum atomic E-state index is 12.5. The Bertz CT molecular complexity index is 1540. The number of nitrogens with two attached hydrogens (primary N) is 1. The quantitative estimate of drug-likeness (QED) is 0.335. The van der Waals surface area contributed by atoms with Crippen LogP contribution in [0, 0.1) is 0 Å². The highest BCUT2D eigenvalue weighted by Crippen LogP contribution is 2.32. The molecule has 0 bridgehead atoms. The largest absolute Gasteiger partial charge is 0.333 e. The molecule has 0 aliphatic rings. The van der Waals surface area contributed by atoms with Crippen molar-refractivity contribution in [1.82, 2.24) is 4.72 Å². The van der Waals surface area contributed by atoms with Crippen LogP contribution in [-0.4, -0.2) is 35.4 Å². The third kappa shape index (κ3) is 8.84. The lowest BCUT2D eigenvalue weighted by Crippen LogP contribution is -2.35. The fraction of sp³-hybridized carbons (Fsp3) is 0.222. The van der Waals surface area contributed by atoms with Crippen molar-refractivity contribution < 1.29 is 31.2 Å². The van der Waals surface area contributed by atoms with Crippen LogP contribution in [0.15, 0.2) is 76.5 Å². The van der Waals surface area contributed by atoms with Crippen molar-refractivity contribution in [3.8, 4) is 0 Å². The molecule has 0 aliphatic heterocycles. The summed E-state index contributed by atoms with van der Waals surface area (Å²) >= 11 is 0. The molecular formula is C27H31N3O7S2. The van der Waals surface area contributed by atoms with Crippen molar-refractivity contribution in [3.63, 3.8) is 0 Å². The molecule has 12 heteroatoms. The monoisotopic (exact) mass is 573 g/mol. The molecule has 3 aromatic rings. The van der Waals surface area contributed by atoms with Crippen LogP contribution >= 0.6 is 0 Å². The Hall–Kier alpha value is -3.87. The molecule has 0 spiro atoms. The van der Waals surface area contributed by atoms with Crippen molar-refractivity contribution >= 4 is 44.3 Å². The van der Waals surface area contributed by atoms with Gasteiger partial charge in [-0.3, -0.25) is 9.59 Å². The Kier molecular flexibility index (Phi) is 10.7. The summed E-state index contributed by atoms with van der Waals surface area (Å²) < 4.78 is 48.4. The van der Waals surface area contributed by atoms with Crippen LogP contribution in [0.3, 0.4) is 0 Å². The first-order valence-corrected chi connectivity index (χ1v) is 14.8. The molecule has 0 aromatic heterocycles. The number of sulfonamides is 2. The predicted octanol–water partition coefficient (Wildman–Crippen LogP) is 4.40. The summed E-state index contributed by atoms with van der Waals surface area (Å²) in [6.07, 6.45) is 1.11. The van der Waals surface area contributed by atoms with Crippen LogP contribution < -0.4 is 15.2 Å². The second-order valence-electron chi connectivity index (χ2n) is 9.11. The summed E-state index contributed by atoms with van der Waals surface area (Å²) in [6.45, 7) is 8.02. The van der Waals surface area contributed by atoms with Crippen LogP contribution in [0.4, 0.5) is 10.5 Å². The first kappa shape index (κ1) is 31.3. The number of anilines is 1. The predicted molar refractivity (Wildman–Crippen MR) is 149 cm³/mol. The second kappa shape index (κ2) is 13.3. The zero-order valence-electron chi connectivity index (χ0n) is 21.9. The molecule has 0 unspecified atom stereocenters. The van der Waals surface area contributed by atoms with Gasteiger partial charge in [0.1, 0.15) is 12.6 Å². The zero-order valence-corrected chi connectivity index (χ0v) is 23.5. The third-order valence-corrected chi connectivity index (χ3v) is 7.71. The Morgan fingerprint density at radius 3 is 1.62 bits per heavy atom. The Labute approximate surface area is 228 Å². The number of hydrogen-bond acceptors (Lipinski definition) is 7. The number of primary sulfonamides is 1. The van der Waals surface area contributed by atoms with Gasteiger partial charge in [-0.1, -0.05) is 70.2 Å². The van der Waals surface area contributed by atoms with E-state index in [0.29, 0.717) is 23.8 Å². The molecule has 0 saturated carbocycles. The molecule has 0 fully saturated rings. The molecule has 10 nitrogen and oxygen atoms in total. The smallest absolute Gasteiger partial charge is 0.307 e. The first-order chi connectivity index (χ1) is 18.2. The fourth-order valence-corrected chi connectivity index (χ4v) is 5.07.